The molecule has 5 heteroatoms. The Morgan fingerprint density at radius 2 is 1.30 bits per heavy atom. The number of carbonyl (C=O) groups is 2. The summed E-state index contributed by atoms with van der Waals surface area (Å²) in [6.07, 6.45) is 13.5. The van der Waals surface area contributed by atoms with Crippen molar-refractivity contribution in [1.29, 1.82) is 0 Å². The Morgan fingerprint density at radius 3 is 1.82 bits per heavy atom. The molecule has 3 aromatic rings. The van der Waals surface area contributed by atoms with Gasteiger partial charge in [0.1, 0.15) is 5.75 Å². The molecule has 3 aromatic carbocycles. The summed E-state index contributed by atoms with van der Waals surface area (Å²) in [5.41, 5.74) is 4.54. The van der Waals surface area contributed by atoms with Crippen molar-refractivity contribution in [2.24, 2.45) is 17.8 Å². The van der Waals surface area contributed by atoms with E-state index < -0.39 is 11.9 Å². The second kappa shape index (κ2) is 12.1. The highest BCUT2D eigenvalue weighted by atomic mass is 16.5. The average molecular weight is 539 g/mol. The number of hydrogen-bond donors (Lipinski definition) is 2. The summed E-state index contributed by atoms with van der Waals surface area (Å²) in [4.78, 5) is 21.2. The van der Waals surface area contributed by atoms with Crippen LogP contribution in [0.5, 0.6) is 5.75 Å². The zero-order chi connectivity index (χ0) is 28.1. The average Bonchev–Trinajstić information content (AvgIpc) is 2.95. The standard InChI is InChI=1S/C28H32O3.C7H6O2/c1-2-11-31-26-15-20(4-3-19-5-8-24(9-6-19)27(29)30)7-10-25(26)28-16-21-12-22(17-28)14-23(13-21)18-28;8-7(9)6-4-2-1-3-5-6/h3-10,15,21-23H,2,11-14,16-18H2,1H3,(H,29,30);1-5H,(H,8,9)/b4-3+;. The maximum atomic E-state index is 11.0. The van der Waals surface area contributed by atoms with Crippen molar-refractivity contribution >= 4 is 24.1 Å². The first-order valence-electron chi connectivity index (χ1n) is 14.4. The first kappa shape index (κ1) is 27.7. The van der Waals surface area contributed by atoms with Crippen molar-refractivity contribution in [2.75, 3.05) is 6.61 Å². The van der Waals surface area contributed by atoms with Crippen LogP contribution in [0.3, 0.4) is 0 Å². The molecule has 4 aliphatic carbocycles. The van der Waals surface area contributed by atoms with E-state index in [1.807, 2.05) is 18.2 Å². The molecular weight excluding hydrogens is 500 g/mol. The number of hydrogen-bond acceptors (Lipinski definition) is 3. The minimum atomic E-state index is -0.895. The lowest BCUT2D eigenvalue weighted by Gasteiger charge is -2.57. The van der Waals surface area contributed by atoms with Gasteiger partial charge in [-0.15, -0.1) is 0 Å². The molecular formula is C35H38O5. The highest BCUT2D eigenvalue weighted by Gasteiger charge is 2.52. The van der Waals surface area contributed by atoms with Gasteiger partial charge in [0.2, 0.25) is 0 Å². The van der Waals surface area contributed by atoms with Gasteiger partial charge in [-0.3, -0.25) is 0 Å². The molecule has 5 nitrogen and oxygen atoms in total. The molecule has 0 aliphatic heterocycles. The Morgan fingerprint density at radius 1 is 0.775 bits per heavy atom. The normalized spacial score (nSPS) is 24.4. The first-order valence-corrected chi connectivity index (χ1v) is 14.4. The molecule has 0 saturated heterocycles. The van der Waals surface area contributed by atoms with Crippen molar-refractivity contribution in [3.05, 3.63) is 101 Å². The van der Waals surface area contributed by atoms with Crippen LogP contribution >= 0.6 is 0 Å². The van der Waals surface area contributed by atoms with E-state index in [-0.39, 0.29) is 0 Å². The van der Waals surface area contributed by atoms with Crippen molar-refractivity contribution in [2.45, 2.75) is 57.3 Å². The number of carboxylic acids is 2. The molecule has 208 valence electrons. The molecule has 40 heavy (non-hydrogen) atoms. The molecule has 0 spiro atoms. The Hall–Kier alpha value is -3.86. The van der Waals surface area contributed by atoms with Gasteiger partial charge in [0.25, 0.3) is 0 Å². The number of rotatable bonds is 8. The fraction of sp³-hybridized carbons (Fsp3) is 0.371. The van der Waals surface area contributed by atoms with Gasteiger partial charge in [0.05, 0.1) is 17.7 Å². The van der Waals surface area contributed by atoms with E-state index in [0.29, 0.717) is 16.5 Å². The topological polar surface area (TPSA) is 83.8 Å². The number of ether oxygens (including phenoxy) is 1. The highest BCUT2D eigenvalue weighted by molar-refractivity contribution is 5.88. The highest BCUT2D eigenvalue weighted by Crippen LogP contribution is 2.61. The molecule has 4 saturated carbocycles. The van der Waals surface area contributed by atoms with Gasteiger partial charge in [-0.25, -0.2) is 9.59 Å². The fourth-order valence-electron chi connectivity index (χ4n) is 7.36. The monoisotopic (exact) mass is 538 g/mol. The van der Waals surface area contributed by atoms with Gasteiger partial charge in [-0.1, -0.05) is 61.5 Å². The van der Waals surface area contributed by atoms with Crippen molar-refractivity contribution < 1.29 is 24.5 Å². The van der Waals surface area contributed by atoms with Crippen LogP contribution in [0.15, 0.2) is 72.8 Å². The zero-order valence-corrected chi connectivity index (χ0v) is 23.1. The summed E-state index contributed by atoms with van der Waals surface area (Å²) in [7, 11) is 0. The molecule has 0 heterocycles. The number of aromatic carboxylic acids is 2. The second-order valence-electron chi connectivity index (χ2n) is 11.7. The minimum Gasteiger partial charge on any atom is -0.493 e. The van der Waals surface area contributed by atoms with E-state index in [9.17, 15) is 9.59 Å². The number of carboxylic acid groups (broad SMARTS) is 2. The third-order valence-corrected chi connectivity index (χ3v) is 8.72. The van der Waals surface area contributed by atoms with Crippen molar-refractivity contribution in [3.8, 4) is 5.75 Å². The van der Waals surface area contributed by atoms with Crippen LogP contribution in [0.1, 0.15) is 89.3 Å². The molecule has 4 aliphatic rings. The molecule has 0 aromatic heterocycles. The lowest BCUT2D eigenvalue weighted by Crippen LogP contribution is -2.48. The predicted molar refractivity (Wildman–Crippen MR) is 158 cm³/mol. The maximum Gasteiger partial charge on any atom is 0.335 e. The third-order valence-electron chi connectivity index (χ3n) is 8.72. The van der Waals surface area contributed by atoms with Crippen LogP contribution in [0, 0.1) is 17.8 Å². The smallest absolute Gasteiger partial charge is 0.335 e. The molecule has 0 atom stereocenters. The molecule has 4 bridgehead atoms. The van der Waals surface area contributed by atoms with Crippen molar-refractivity contribution in [1.82, 2.24) is 0 Å². The van der Waals surface area contributed by atoms with E-state index in [0.717, 1.165) is 47.7 Å². The van der Waals surface area contributed by atoms with Gasteiger partial charge in [0, 0.05) is 5.56 Å². The van der Waals surface area contributed by atoms with Crippen LogP contribution in [0.25, 0.3) is 12.2 Å². The largest absolute Gasteiger partial charge is 0.493 e. The Bertz CT molecular complexity index is 1320. The van der Waals surface area contributed by atoms with Gasteiger partial charge in [-0.2, -0.15) is 0 Å². The maximum absolute atomic E-state index is 11.0. The zero-order valence-electron chi connectivity index (χ0n) is 23.1. The molecule has 0 radical (unpaired) electrons. The summed E-state index contributed by atoms with van der Waals surface area (Å²) in [5, 5.41) is 17.5. The van der Waals surface area contributed by atoms with Gasteiger partial charge in [0.15, 0.2) is 0 Å². The molecule has 2 N–H and O–H groups in total. The summed E-state index contributed by atoms with van der Waals surface area (Å²) < 4.78 is 6.31. The van der Waals surface area contributed by atoms with Crippen molar-refractivity contribution in [3.63, 3.8) is 0 Å². The SMILES string of the molecule is CCCOc1cc(/C=C/c2ccc(C(=O)O)cc2)ccc1C12CC3CC(CC(C3)C1)C2.O=C(O)c1ccccc1. The summed E-state index contributed by atoms with van der Waals surface area (Å²) >= 11 is 0. The minimum absolute atomic E-state index is 0.312. The molecule has 0 unspecified atom stereocenters. The van der Waals surface area contributed by atoms with E-state index in [1.165, 1.54) is 44.1 Å². The lowest BCUT2D eigenvalue weighted by atomic mass is 9.48. The predicted octanol–water partition coefficient (Wildman–Crippen LogP) is 8.20. The van der Waals surface area contributed by atoms with E-state index in [1.54, 1.807) is 42.5 Å². The second-order valence-corrected chi connectivity index (χ2v) is 11.7. The number of benzene rings is 3. The van der Waals surface area contributed by atoms with E-state index in [2.05, 4.69) is 31.2 Å². The molecule has 7 rings (SSSR count). The fourth-order valence-corrected chi connectivity index (χ4v) is 7.36. The Kier molecular flexibility index (Phi) is 8.39. The van der Waals surface area contributed by atoms with Gasteiger partial charge in [-0.05, 0) is 110 Å². The summed E-state index contributed by atoms with van der Waals surface area (Å²) in [6, 6.07) is 22.1. The Balaban J connectivity index is 0.000000306. The molecule has 0 amide bonds. The van der Waals surface area contributed by atoms with E-state index in [4.69, 9.17) is 14.9 Å². The van der Waals surface area contributed by atoms with Crippen LogP contribution in [0.2, 0.25) is 0 Å². The van der Waals surface area contributed by atoms with Gasteiger partial charge >= 0.3 is 11.9 Å². The third kappa shape index (κ3) is 6.30. The molecule has 4 fully saturated rings. The lowest BCUT2D eigenvalue weighted by molar-refractivity contribution is -0.00638. The van der Waals surface area contributed by atoms with E-state index >= 15 is 0 Å². The van der Waals surface area contributed by atoms with Crippen LogP contribution in [-0.2, 0) is 5.41 Å². The summed E-state index contributed by atoms with van der Waals surface area (Å²) in [5.74, 6) is 2.05. The van der Waals surface area contributed by atoms with Crippen LogP contribution < -0.4 is 4.74 Å². The quantitative estimate of drug-likeness (QED) is 0.282. The van der Waals surface area contributed by atoms with Crippen LogP contribution in [0.4, 0.5) is 0 Å². The Labute approximate surface area is 236 Å². The van der Waals surface area contributed by atoms with Crippen LogP contribution in [-0.4, -0.2) is 28.8 Å². The summed E-state index contributed by atoms with van der Waals surface area (Å²) in [6.45, 7) is 2.91. The first-order chi connectivity index (χ1) is 19.3. The van der Waals surface area contributed by atoms with Gasteiger partial charge < -0.3 is 14.9 Å².